The number of hydrogen-bond acceptors (Lipinski definition) is 2. The Hall–Kier alpha value is -2.87. The molecule has 0 atom stereocenters. The Bertz CT molecular complexity index is 1020. The van der Waals surface area contributed by atoms with Gasteiger partial charge in [-0.15, -0.1) is 0 Å². The smallest absolute Gasteiger partial charge is 0.159 e. The van der Waals surface area contributed by atoms with Gasteiger partial charge in [-0.05, 0) is 29.7 Å². The van der Waals surface area contributed by atoms with Crippen molar-refractivity contribution in [1.29, 1.82) is 0 Å². The first kappa shape index (κ1) is 12.8. The molecule has 0 fully saturated rings. The normalized spacial score (nSPS) is 13.2. The summed E-state index contributed by atoms with van der Waals surface area (Å²) in [7, 11) is 0. The highest BCUT2D eigenvalue weighted by Gasteiger charge is 2.10. The molecule has 22 heavy (non-hydrogen) atoms. The Balaban J connectivity index is 2.07. The second-order valence-electron chi connectivity index (χ2n) is 5.34. The summed E-state index contributed by atoms with van der Waals surface area (Å²) >= 11 is 0. The van der Waals surface area contributed by atoms with E-state index >= 15 is 0 Å². The van der Waals surface area contributed by atoms with Gasteiger partial charge in [-0.3, -0.25) is 0 Å². The van der Waals surface area contributed by atoms with Crippen LogP contribution < -0.4 is 10.4 Å². The van der Waals surface area contributed by atoms with Crippen molar-refractivity contribution >= 4 is 22.6 Å². The lowest BCUT2D eigenvalue weighted by Crippen LogP contribution is -2.26. The number of pyridine rings is 1. The monoisotopic (exact) mass is 285 g/mol. The minimum absolute atomic E-state index is 0.800. The van der Waals surface area contributed by atoms with Gasteiger partial charge in [0.05, 0.1) is 6.26 Å². The Morgan fingerprint density at radius 3 is 2.73 bits per heavy atom. The molecule has 0 N–H and O–H groups in total. The number of benzene rings is 2. The fraction of sp³-hybridized carbons (Fsp3) is 0.0500. The molecular formula is C20H15NO. The number of hydrogen-bond donors (Lipinski definition) is 0. The van der Waals surface area contributed by atoms with Crippen LogP contribution in [0.2, 0.25) is 0 Å². The maximum Gasteiger partial charge on any atom is 0.159 e. The third-order valence-electron chi connectivity index (χ3n) is 3.91. The Labute approximate surface area is 128 Å². The topological polar surface area (TPSA) is 22.1 Å². The lowest BCUT2D eigenvalue weighted by molar-refractivity contribution is 0.432. The van der Waals surface area contributed by atoms with Crippen LogP contribution >= 0.6 is 0 Å². The van der Waals surface area contributed by atoms with Crippen molar-refractivity contribution in [3.05, 3.63) is 88.8 Å². The van der Waals surface area contributed by atoms with Crippen molar-refractivity contribution in [2.75, 3.05) is 0 Å². The Kier molecular flexibility index (Phi) is 3.01. The van der Waals surface area contributed by atoms with E-state index in [0.717, 1.165) is 27.6 Å². The number of fused-ring (bicyclic) bond motifs is 2. The first-order chi connectivity index (χ1) is 10.8. The quantitative estimate of drug-likeness (QED) is 0.685. The zero-order valence-electron chi connectivity index (χ0n) is 12.3. The Morgan fingerprint density at radius 2 is 1.77 bits per heavy atom. The van der Waals surface area contributed by atoms with Gasteiger partial charge in [-0.1, -0.05) is 54.6 Å². The van der Waals surface area contributed by atoms with Gasteiger partial charge in [-0.2, -0.15) is 0 Å². The Morgan fingerprint density at radius 1 is 0.955 bits per heavy atom. The number of aryl methyl sites for hydroxylation is 1. The zero-order chi connectivity index (χ0) is 14.9. The molecule has 2 nitrogen and oxygen atoms in total. The molecule has 4 rings (SSSR count). The fourth-order valence-electron chi connectivity index (χ4n) is 2.85. The van der Waals surface area contributed by atoms with Crippen LogP contribution in [0.15, 0.2) is 66.9 Å². The number of ether oxygens (including phenoxy) is 1. The van der Waals surface area contributed by atoms with Gasteiger partial charge in [0.1, 0.15) is 5.69 Å². The molecule has 0 saturated heterocycles. The summed E-state index contributed by atoms with van der Waals surface area (Å²) < 4.78 is 5.86. The predicted octanol–water partition coefficient (Wildman–Crippen LogP) is 3.02. The van der Waals surface area contributed by atoms with Crippen LogP contribution in [-0.2, 0) is 4.74 Å². The largest absolute Gasteiger partial charge is 0.462 e. The van der Waals surface area contributed by atoms with E-state index < -0.39 is 0 Å². The van der Waals surface area contributed by atoms with E-state index in [1.165, 1.54) is 10.8 Å². The average molecular weight is 285 g/mol. The second kappa shape index (κ2) is 5.15. The molecule has 106 valence electrons. The summed E-state index contributed by atoms with van der Waals surface area (Å²) in [5.41, 5.74) is 1.88. The lowest BCUT2D eigenvalue weighted by atomic mass is 10.1. The van der Waals surface area contributed by atoms with Gasteiger partial charge < -0.3 is 4.74 Å². The third-order valence-corrected chi connectivity index (χ3v) is 3.91. The van der Waals surface area contributed by atoms with Crippen LogP contribution in [-0.4, -0.2) is 4.98 Å². The van der Waals surface area contributed by atoms with E-state index in [9.17, 15) is 0 Å². The fourth-order valence-corrected chi connectivity index (χ4v) is 2.85. The van der Waals surface area contributed by atoms with Crippen LogP contribution in [0.5, 0.6) is 0 Å². The summed E-state index contributed by atoms with van der Waals surface area (Å²) in [6, 6.07) is 18.6. The van der Waals surface area contributed by atoms with E-state index in [2.05, 4.69) is 36.4 Å². The summed E-state index contributed by atoms with van der Waals surface area (Å²) in [5, 5.41) is 4.56. The van der Waals surface area contributed by atoms with Crippen LogP contribution in [0.25, 0.3) is 22.6 Å². The molecule has 0 unspecified atom stereocenters. The van der Waals surface area contributed by atoms with Gasteiger partial charge in [0, 0.05) is 16.3 Å². The molecule has 0 amide bonds. The molecule has 1 aromatic heterocycles. The van der Waals surface area contributed by atoms with Crippen molar-refractivity contribution < 1.29 is 4.74 Å². The third kappa shape index (κ3) is 2.09. The molecule has 2 heteroatoms. The van der Waals surface area contributed by atoms with Gasteiger partial charge in [-0.25, -0.2) is 4.98 Å². The van der Waals surface area contributed by atoms with Crippen LogP contribution in [0.1, 0.15) is 11.4 Å². The molecule has 1 aliphatic rings. The number of allylic oxidation sites excluding steroid dienone is 1. The van der Waals surface area contributed by atoms with Crippen molar-refractivity contribution in [3.8, 4) is 0 Å². The maximum absolute atomic E-state index is 5.86. The molecule has 0 bridgehead atoms. The molecule has 2 aromatic carbocycles. The van der Waals surface area contributed by atoms with Gasteiger partial charge in [0.2, 0.25) is 0 Å². The van der Waals surface area contributed by atoms with Crippen LogP contribution in [0.3, 0.4) is 0 Å². The number of rotatable bonds is 1. The average Bonchev–Trinajstić information content (AvgIpc) is 2.77. The number of nitrogens with zero attached hydrogens (tertiary/aromatic N) is 1. The molecule has 0 aliphatic carbocycles. The summed E-state index contributed by atoms with van der Waals surface area (Å²) in [6.07, 6.45) is 5.68. The predicted molar refractivity (Wildman–Crippen MR) is 89.4 cm³/mol. The van der Waals surface area contributed by atoms with Gasteiger partial charge >= 0.3 is 0 Å². The maximum atomic E-state index is 5.86. The summed E-state index contributed by atoms with van der Waals surface area (Å²) in [4.78, 5) is 4.76. The highest BCUT2D eigenvalue weighted by atomic mass is 16.5. The summed E-state index contributed by atoms with van der Waals surface area (Å²) in [5.74, 6) is 0.800. The molecule has 2 heterocycles. The lowest BCUT2D eigenvalue weighted by Gasteiger charge is -2.09. The molecule has 1 aliphatic heterocycles. The first-order valence-corrected chi connectivity index (χ1v) is 7.32. The molecule has 0 radical (unpaired) electrons. The van der Waals surface area contributed by atoms with Crippen molar-refractivity contribution in [2.24, 2.45) is 0 Å². The minimum Gasteiger partial charge on any atom is -0.462 e. The van der Waals surface area contributed by atoms with E-state index in [4.69, 9.17) is 9.72 Å². The van der Waals surface area contributed by atoms with Crippen molar-refractivity contribution in [3.63, 3.8) is 0 Å². The molecular weight excluding hydrogens is 270 g/mol. The first-order valence-electron chi connectivity index (χ1n) is 7.32. The molecule has 3 aromatic rings. The van der Waals surface area contributed by atoms with E-state index in [1.54, 1.807) is 6.26 Å². The SMILES string of the molecule is Cc1nc(C2=c3ccccc3=CC=CO2)cc2ccccc12. The van der Waals surface area contributed by atoms with Gasteiger partial charge in [0.15, 0.2) is 5.76 Å². The zero-order valence-corrected chi connectivity index (χ0v) is 12.3. The summed E-state index contributed by atoms with van der Waals surface area (Å²) in [6.45, 7) is 2.04. The van der Waals surface area contributed by atoms with Gasteiger partial charge in [0.25, 0.3) is 0 Å². The minimum atomic E-state index is 0.800. The highest BCUT2D eigenvalue weighted by Crippen LogP contribution is 2.21. The second-order valence-corrected chi connectivity index (χ2v) is 5.34. The molecule has 0 spiro atoms. The number of aromatic nitrogens is 1. The van der Waals surface area contributed by atoms with E-state index in [1.807, 2.05) is 37.3 Å². The van der Waals surface area contributed by atoms with Crippen molar-refractivity contribution in [1.82, 2.24) is 4.98 Å². The van der Waals surface area contributed by atoms with Crippen molar-refractivity contribution in [2.45, 2.75) is 6.92 Å². The van der Waals surface area contributed by atoms with E-state index in [0.29, 0.717) is 0 Å². The molecule has 0 saturated carbocycles. The van der Waals surface area contributed by atoms with Crippen LogP contribution in [0.4, 0.5) is 0 Å². The highest BCUT2D eigenvalue weighted by molar-refractivity contribution is 5.86. The van der Waals surface area contributed by atoms with Crippen LogP contribution in [0, 0.1) is 6.92 Å². The van der Waals surface area contributed by atoms with E-state index in [-0.39, 0.29) is 0 Å². The standard InChI is InChI=1S/C20H15NO/c1-14-17-10-4-3-8-16(17)13-19(21-14)20-18-11-5-2-7-15(18)9-6-12-22-20/h2-13H,1H3.